The number of hydrogen-bond donors (Lipinski definition) is 0. The standard InChI is InChI=1S/C12H11N5/c1-9-6-10(7-13)16-12(15-9)17(2)11-4-3-5-14-8-11/h3-6,8H,1-2H3. The van der Waals surface area contributed by atoms with Crippen molar-refractivity contribution >= 4 is 11.6 Å². The van der Waals surface area contributed by atoms with E-state index >= 15 is 0 Å². The molecule has 0 aliphatic rings. The Morgan fingerprint density at radius 2 is 2.18 bits per heavy atom. The van der Waals surface area contributed by atoms with Crippen molar-refractivity contribution in [3.63, 3.8) is 0 Å². The minimum atomic E-state index is 0.364. The number of anilines is 2. The fraction of sp³-hybridized carbons (Fsp3) is 0.167. The average molecular weight is 225 g/mol. The van der Waals surface area contributed by atoms with Gasteiger partial charge in [-0.3, -0.25) is 4.98 Å². The van der Waals surface area contributed by atoms with Gasteiger partial charge in [0.1, 0.15) is 11.8 Å². The molecular weight excluding hydrogens is 214 g/mol. The van der Waals surface area contributed by atoms with E-state index in [0.29, 0.717) is 11.6 Å². The quantitative estimate of drug-likeness (QED) is 0.779. The Bertz CT molecular complexity index is 559. The molecule has 5 heteroatoms. The summed E-state index contributed by atoms with van der Waals surface area (Å²) >= 11 is 0. The molecule has 0 spiro atoms. The van der Waals surface area contributed by atoms with Crippen LogP contribution < -0.4 is 4.90 Å². The second-order valence-electron chi connectivity index (χ2n) is 3.58. The van der Waals surface area contributed by atoms with Crippen LogP contribution in [0.2, 0.25) is 0 Å². The number of pyridine rings is 1. The van der Waals surface area contributed by atoms with Crippen LogP contribution in [0.3, 0.4) is 0 Å². The number of rotatable bonds is 2. The van der Waals surface area contributed by atoms with E-state index < -0.39 is 0 Å². The van der Waals surface area contributed by atoms with E-state index in [9.17, 15) is 0 Å². The van der Waals surface area contributed by atoms with E-state index in [-0.39, 0.29) is 0 Å². The van der Waals surface area contributed by atoms with Crippen LogP contribution >= 0.6 is 0 Å². The van der Waals surface area contributed by atoms with Crippen molar-refractivity contribution in [1.82, 2.24) is 15.0 Å². The van der Waals surface area contributed by atoms with Crippen molar-refractivity contribution in [2.45, 2.75) is 6.92 Å². The van der Waals surface area contributed by atoms with Crippen molar-refractivity contribution in [1.29, 1.82) is 5.26 Å². The molecule has 17 heavy (non-hydrogen) atoms. The summed E-state index contributed by atoms with van der Waals surface area (Å²) in [5.74, 6) is 0.495. The zero-order valence-electron chi connectivity index (χ0n) is 9.62. The van der Waals surface area contributed by atoms with Crippen molar-refractivity contribution in [2.75, 3.05) is 11.9 Å². The summed E-state index contributed by atoms with van der Waals surface area (Å²) in [6, 6.07) is 7.42. The molecule has 0 fully saturated rings. The van der Waals surface area contributed by atoms with Gasteiger partial charge in [0.25, 0.3) is 0 Å². The van der Waals surface area contributed by atoms with Gasteiger partial charge in [-0.25, -0.2) is 9.97 Å². The van der Waals surface area contributed by atoms with Gasteiger partial charge in [0, 0.05) is 18.9 Å². The molecule has 0 radical (unpaired) electrons. The van der Waals surface area contributed by atoms with Crippen LogP contribution in [0.4, 0.5) is 11.6 Å². The van der Waals surface area contributed by atoms with Crippen molar-refractivity contribution in [3.8, 4) is 6.07 Å². The molecule has 0 N–H and O–H groups in total. The molecule has 2 rings (SSSR count). The maximum atomic E-state index is 8.87. The predicted octanol–water partition coefficient (Wildman–Crippen LogP) is 1.82. The lowest BCUT2D eigenvalue weighted by atomic mass is 10.3. The Labute approximate surface area is 99.4 Å². The minimum Gasteiger partial charge on any atom is -0.312 e. The summed E-state index contributed by atoms with van der Waals surface area (Å²) in [4.78, 5) is 14.3. The van der Waals surface area contributed by atoms with Crippen LogP contribution in [0.15, 0.2) is 30.6 Å². The van der Waals surface area contributed by atoms with Gasteiger partial charge in [-0.2, -0.15) is 5.26 Å². The number of aromatic nitrogens is 3. The van der Waals surface area contributed by atoms with Crippen LogP contribution in [0.25, 0.3) is 0 Å². The first kappa shape index (κ1) is 11.0. The molecule has 0 saturated carbocycles. The molecule has 0 saturated heterocycles. The Kier molecular flexibility index (Phi) is 2.97. The third-order valence-corrected chi connectivity index (χ3v) is 2.29. The van der Waals surface area contributed by atoms with Gasteiger partial charge in [0.15, 0.2) is 0 Å². The molecule has 0 aliphatic carbocycles. The molecule has 84 valence electrons. The molecule has 2 aromatic rings. The molecule has 0 unspecified atom stereocenters. The Balaban J connectivity index is 2.41. The summed E-state index contributed by atoms with van der Waals surface area (Å²) in [5, 5.41) is 8.87. The highest BCUT2D eigenvalue weighted by Crippen LogP contribution is 2.18. The maximum absolute atomic E-state index is 8.87. The first-order valence-corrected chi connectivity index (χ1v) is 5.10. The largest absolute Gasteiger partial charge is 0.312 e. The minimum absolute atomic E-state index is 0.364. The molecule has 0 aromatic carbocycles. The molecule has 2 heterocycles. The molecule has 0 atom stereocenters. The zero-order valence-corrected chi connectivity index (χ0v) is 9.62. The van der Waals surface area contributed by atoms with Crippen molar-refractivity contribution in [3.05, 3.63) is 42.0 Å². The molecule has 0 aliphatic heterocycles. The number of nitrogens with zero attached hydrogens (tertiary/aromatic N) is 5. The van der Waals surface area contributed by atoms with Crippen molar-refractivity contribution < 1.29 is 0 Å². The third-order valence-electron chi connectivity index (χ3n) is 2.29. The van der Waals surface area contributed by atoms with Crippen LogP contribution in [-0.2, 0) is 0 Å². The van der Waals surface area contributed by atoms with Gasteiger partial charge in [0.05, 0.1) is 11.9 Å². The fourth-order valence-electron chi connectivity index (χ4n) is 1.43. The van der Waals surface area contributed by atoms with E-state index in [1.165, 1.54) is 0 Å². The molecule has 0 amide bonds. The van der Waals surface area contributed by atoms with Crippen molar-refractivity contribution in [2.24, 2.45) is 0 Å². The van der Waals surface area contributed by atoms with Gasteiger partial charge < -0.3 is 4.90 Å². The van der Waals surface area contributed by atoms with Gasteiger partial charge in [-0.15, -0.1) is 0 Å². The van der Waals surface area contributed by atoms with Crippen LogP contribution in [-0.4, -0.2) is 22.0 Å². The average Bonchev–Trinajstić information content (AvgIpc) is 2.38. The second-order valence-corrected chi connectivity index (χ2v) is 3.58. The van der Waals surface area contributed by atoms with E-state index in [1.807, 2.05) is 32.2 Å². The van der Waals surface area contributed by atoms with Gasteiger partial charge in [0.2, 0.25) is 5.95 Å². The van der Waals surface area contributed by atoms with Crippen LogP contribution in [0, 0.1) is 18.3 Å². The lowest BCUT2D eigenvalue weighted by molar-refractivity contribution is 0.998. The number of hydrogen-bond acceptors (Lipinski definition) is 5. The highest BCUT2D eigenvalue weighted by Gasteiger charge is 2.08. The second kappa shape index (κ2) is 4.58. The molecule has 5 nitrogen and oxygen atoms in total. The van der Waals surface area contributed by atoms with E-state index in [0.717, 1.165) is 11.4 Å². The highest BCUT2D eigenvalue weighted by atomic mass is 15.2. The van der Waals surface area contributed by atoms with Gasteiger partial charge in [-0.05, 0) is 25.1 Å². The Morgan fingerprint density at radius 3 is 2.82 bits per heavy atom. The topological polar surface area (TPSA) is 65.7 Å². The summed E-state index contributed by atoms with van der Waals surface area (Å²) in [5.41, 5.74) is 2.01. The van der Waals surface area contributed by atoms with E-state index in [2.05, 4.69) is 15.0 Å². The third kappa shape index (κ3) is 2.37. The zero-order chi connectivity index (χ0) is 12.3. The lowest BCUT2D eigenvalue weighted by Gasteiger charge is -2.16. The van der Waals surface area contributed by atoms with Gasteiger partial charge in [-0.1, -0.05) is 0 Å². The summed E-state index contributed by atoms with van der Waals surface area (Å²) in [7, 11) is 1.84. The fourth-order valence-corrected chi connectivity index (χ4v) is 1.43. The summed E-state index contributed by atoms with van der Waals surface area (Å²) in [6.45, 7) is 1.84. The Hall–Kier alpha value is -2.48. The number of nitriles is 1. The number of aryl methyl sites for hydroxylation is 1. The molecule has 2 aromatic heterocycles. The first-order valence-electron chi connectivity index (χ1n) is 5.10. The summed E-state index contributed by atoms with van der Waals surface area (Å²) in [6.07, 6.45) is 3.42. The molecular formula is C12H11N5. The lowest BCUT2D eigenvalue weighted by Crippen LogP contribution is -2.14. The maximum Gasteiger partial charge on any atom is 0.231 e. The van der Waals surface area contributed by atoms with E-state index in [4.69, 9.17) is 5.26 Å². The first-order chi connectivity index (χ1) is 8.20. The Morgan fingerprint density at radius 1 is 1.35 bits per heavy atom. The monoisotopic (exact) mass is 225 g/mol. The van der Waals surface area contributed by atoms with Crippen LogP contribution in [0.1, 0.15) is 11.4 Å². The normalized spacial score (nSPS) is 9.71. The van der Waals surface area contributed by atoms with Crippen LogP contribution in [0.5, 0.6) is 0 Å². The summed E-state index contributed by atoms with van der Waals surface area (Å²) < 4.78 is 0. The predicted molar refractivity (Wildman–Crippen MR) is 63.8 cm³/mol. The molecule has 0 bridgehead atoms. The smallest absolute Gasteiger partial charge is 0.231 e. The van der Waals surface area contributed by atoms with Gasteiger partial charge >= 0.3 is 0 Å². The highest BCUT2D eigenvalue weighted by molar-refractivity contribution is 5.55. The SMILES string of the molecule is Cc1cc(C#N)nc(N(C)c2cccnc2)n1. The van der Waals surface area contributed by atoms with E-state index in [1.54, 1.807) is 23.4 Å².